The van der Waals surface area contributed by atoms with Crippen molar-refractivity contribution in [2.24, 2.45) is 0 Å². The van der Waals surface area contributed by atoms with Gasteiger partial charge in [0.2, 0.25) is 0 Å². The van der Waals surface area contributed by atoms with Crippen LogP contribution >= 0.6 is 15.9 Å². The Kier molecular flexibility index (Phi) is 3.06. The second kappa shape index (κ2) is 4.49. The van der Waals surface area contributed by atoms with Gasteiger partial charge in [-0.2, -0.15) is 4.98 Å². The van der Waals surface area contributed by atoms with E-state index >= 15 is 0 Å². The molecule has 0 radical (unpaired) electrons. The summed E-state index contributed by atoms with van der Waals surface area (Å²) in [4.78, 5) is 4.23. The molecule has 0 amide bonds. The smallest absolute Gasteiger partial charge is 0.302 e. The van der Waals surface area contributed by atoms with Crippen LogP contribution in [0.3, 0.4) is 0 Å². The lowest BCUT2D eigenvalue weighted by Crippen LogP contribution is -1.96. The molecule has 1 aromatic carbocycles. The van der Waals surface area contributed by atoms with E-state index in [1.807, 2.05) is 48.0 Å². The minimum Gasteiger partial charge on any atom is -0.425 e. The maximum Gasteiger partial charge on any atom is 0.302 e. The number of halogens is 1. The lowest BCUT2D eigenvalue weighted by Gasteiger charge is -2.05. The third-order valence-electron chi connectivity index (χ3n) is 2.00. The first kappa shape index (κ1) is 10.2. The molecule has 0 atom stereocenters. The van der Waals surface area contributed by atoms with Gasteiger partial charge in [-0.25, -0.2) is 0 Å². The molecular weight excluding hydrogens is 256 g/mol. The zero-order valence-corrected chi connectivity index (χ0v) is 9.94. The van der Waals surface area contributed by atoms with E-state index in [2.05, 4.69) is 20.9 Å². The highest BCUT2D eigenvalue weighted by Crippen LogP contribution is 2.22. The molecule has 0 N–H and O–H groups in total. The summed E-state index contributed by atoms with van der Waals surface area (Å²) in [5, 5.41) is 0. The fourth-order valence-corrected chi connectivity index (χ4v) is 1.67. The maximum atomic E-state index is 5.64. The number of aromatic nitrogens is 2. The Hall–Kier alpha value is -1.29. The van der Waals surface area contributed by atoms with Crippen molar-refractivity contribution < 1.29 is 4.74 Å². The van der Waals surface area contributed by atoms with Crippen LogP contribution < -0.4 is 4.74 Å². The zero-order chi connectivity index (χ0) is 10.7. The molecule has 0 saturated carbocycles. The largest absolute Gasteiger partial charge is 0.425 e. The van der Waals surface area contributed by atoms with Crippen LogP contribution in [0.2, 0.25) is 0 Å². The molecule has 0 aliphatic rings. The fraction of sp³-hybridized carbons (Fsp3) is 0.182. The zero-order valence-electron chi connectivity index (χ0n) is 8.35. The number of ether oxygens (including phenoxy) is 1. The van der Waals surface area contributed by atoms with Crippen molar-refractivity contribution in [3.8, 4) is 11.8 Å². The molecule has 78 valence electrons. The van der Waals surface area contributed by atoms with Crippen LogP contribution in [-0.2, 0) is 6.54 Å². The highest BCUT2D eigenvalue weighted by atomic mass is 79.9. The maximum absolute atomic E-state index is 5.64. The first-order valence-corrected chi connectivity index (χ1v) is 5.54. The Labute approximate surface area is 96.8 Å². The van der Waals surface area contributed by atoms with Crippen LogP contribution in [-0.4, -0.2) is 9.55 Å². The minimum absolute atomic E-state index is 0.607. The van der Waals surface area contributed by atoms with Crippen LogP contribution in [0.5, 0.6) is 11.8 Å². The van der Waals surface area contributed by atoms with Crippen LogP contribution in [0, 0.1) is 0 Å². The summed E-state index contributed by atoms with van der Waals surface area (Å²) in [6, 6.07) is 10.2. The second-order valence-electron chi connectivity index (χ2n) is 3.05. The lowest BCUT2D eigenvalue weighted by molar-refractivity contribution is 0.415. The van der Waals surface area contributed by atoms with Crippen LogP contribution in [0.1, 0.15) is 6.92 Å². The van der Waals surface area contributed by atoms with Gasteiger partial charge in [0.15, 0.2) is 0 Å². The van der Waals surface area contributed by atoms with Gasteiger partial charge in [-0.1, -0.05) is 18.2 Å². The van der Waals surface area contributed by atoms with Gasteiger partial charge in [0.05, 0.1) is 0 Å². The molecule has 2 aromatic rings. The van der Waals surface area contributed by atoms with E-state index in [1.165, 1.54) is 0 Å². The van der Waals surface area contributed by atoms with Crippen molar-refractivity contribution in [1.82, 2.24) is 9.55 Å². The van der Waals surface area contributed by atoms with Gasteiger partial charge in [0.1, 0.15) is 10.4 Å². The molecule has 0 bridgehead atoms. The van der Waals surface area contributed by atoms with Crippen molar-refractivity contribution in [3.05, 3.63) is 41.1 Å². The normalized spacial score (nSPS) is 10.3. The van der Waals surface area contributed by atoms with Gasteiger partial charge < -0.3 is 4.74 Å². The number of rotatable bonds is 3. The van der Waals surface area contributed by atoms with Gasteiger partial charge in [-0.15, -0.1) is 0 Å². The number of aryl methyl sites for hydroxylation is 1. The van der Waals surface area contributed by atoms with Gasteiger partial charge >= 0.3 is 6.01 Å². The molecule has 1 heterocycles. The summed E-state index contributed by atoms with van der Waals surface area (Å²) in [6.07, 6.45) is 1.90. The number of hydrogen-bond donors (Lipinski definition) is 0. The molecule has 0 aliphatic carbocycles. The standard InChI is InChI=1S/C11H11BrN2O/c1-2-14-8-10(12)13-11(14)15-9-6-4-3-5-7-9/h3-8H,2H2,1H3. The topological polar surface area (TPSA) is 27.1 Å². The Morgan fingerprint density at radius 1 is 1.33 bits per heavy atom. The van der Waals surface area contributed by atoms with Gasteiger partial charge in [0.25, 0.3) is 0 Å². The average molecular weight is 267 g/mol. The molecule has 0 saturated heterocycles. The number of hydrogen-bond acceptors (Lipinski definition) is 2. The van der Waals surface area contributed by atoms with Gasteiger partial charge in [-0.3, -0.25) is 4.57 Å². The van der Waals surface area contributed by atoms with E-state index in [0.717, 1.165) is 16.9 Å². The molecule has 2 rings (SSSR count). The van der Waals surface area contributed by atoms with Crippen LogP contribution in [0.4, 0.5) is 0 Å². The summed E-state index contributed by atoms with van der Waals surface area (Å²) >= 11 is 3.33. The first-order chi connectivity index (χ1) is 7.29. The molecular formula is C11H11BrN2O. The summed E-state index contributed by atoms with van der Waals surface area (Å²) < 4.78 is 8.37. The highest BCUT2D eigenvalue weighted by molar-refractivity contribution is 9.10. The predicted molar refractivity (Wildman–Crippen MR) is 62.1 cm³/mol. The summed E-state index contributed by atoms with van der Waals surface area (Å²) in [5.74, 6) is 0.797. The van der Waals surface area contributed by atoms with E-state index in [4.69, 9.17) is 4.74 Å². The third kappa shape index (κ3) is 2.39. The van der Waals surface area contributed by atoms with Crippen molar-refractivity contribution in [1.29, 1.82) is 0 Å². The molecule has 3 nitrogen and oxygen atoms in total. The van der Waals surface area contributed by atoms with E-state index in [9.17, 15) is 0 Å². The quantitative estimate of drug-likeness (QED) is 0.851. The average Bonchev–Trinajstić information content (AvgIpc) is 2.60. The van der Waals surface area contributed by atoms with Crippen molar-refractivity contribution in [2.75, 3.05) is 0 Å². The fourth-order valence-electron chi connectivity index (χ4n) is 1.27. The summed E-state index contributed by atoms with van der Waals surface area (Å²) in [7, 11) is 0. The predicted octanol–water partition coefficient (Wildman–Crippen LogP) is 3.46. The SMILES string of the molecule is CCn1cc(Br)nc1Oc1ccccc1. The van der Waals surface area contributed by atoms with Crippen molar-refractivity contribution in [2.45, 2.75) is 13.5 Å². The monoisotopic (exact) mass is 266 g/mol. The van der Waals surface area contributed by atoms with Crippen LogP contribution in [0.25, 0.3) is 0 Å². The molecule has 0 fully saturated rings. The van der Waals surface area contributed by atoms with Gasteiger partial charge in [0, 0.05) is 12.7 Å². The molecule has 4 heteroatoms. The Morgan fingerprint density at radius 2 is 2.07 bits per heavy atom. The van der Waals surface area contributed by atoms with E-state index < -0.39 is 0 Å². The van der Waals surface area contributed by atoms with Crippen molar-refractivity contribution >= 4 is 15.9 Å². The lowest BCUT2D eigenvalue weighted by atomic mass is 10.3. The number of benzene rings is 1. The number of imidazole rings is 1. The van der Waals surface area contributed by atoms with E-state index in [1.54, 1.807) is 0 Å². The minimum atomic E-state index is 0.607. The highest BCUT2D eigenvalue weighted by Gasteiger charge is 2.06. The van der Waals surface area contributed by atoms with Crippen LogP contribution in [0.15, 0.2) is 41.1 Å². The molecule has 0 spiro atoms. The second-order valence-corrected chi connectivity index (χ2v) is 3.86. The van der Waals surface area contributed by atoms with Crippen molar-refractivity contribution in [3.63, 3.8) is 0 Å². The summed E-state index contributed by atoms with van der Waals surface area (Å²) in [5.41, 5.74) is 0. The van der Waals surface area contributed by atoms with Gasteiger partial charge in [-0.05, 0) is 35.0 Å². The Morgan fingerprint density at radius 3 is 2.73 bits per heavy atom. The van der Waals surface area contributed by atoms with E-state index in [-0.39, 0.29) is 0 Å². The first-order valence-electron chi connectivity index (χ1n) is 4.75. The summed E-state index contributed by atoms with van der Waals surface area (Å²) in [6.45, 7) is 2.88. The number of nitrogens with zero attached hydrogens (tertiary/aromatic N) is 2. The molecule has 0 unspecified atom stereocenters. The van der Waals surface area contributed by atoms with E-state index in [0.29, 0.717) is 6.01 Å². The Bertz CT molecular complexity index is 439. The third-order valence-corrected chi connectivity index (χ3v) is 2.39. The molecule has 1 aromatic heterocycles. The molecule has 15 heavy (non-hydrogen) atoms. The number of para-hydroxylation sites is 1. The Balaban J connectivity index is 2.24. The molecule has 0 aliphatic heterocycles.